The number of carbonyl (C=O) groups is 1. The summed E-state index contributed by atoms with van der Waals surface area (Å²) < 4.78 is 6.51. The highest BCUT2D eigenvalue weighted by molar-refractivity contribution is 7.18. The topological polar surface area (TPSA) is 66.5 Å². The molecule has 4 rings (SSSR count). The van der Waals surface area contributed by atoms with E-state index in [1.54, 1.807) is 11.3 Å². The van der Waals surface area contributed by atoms with E-state index in [-0.39, 0.29) is 11.9 Å². The molecule has 1 saturated heterocycles. The zero-order valence-corrected chi connectivity index (χ0v) is 16.9. The number of ether oxygens (including phenoxy) is 1. The van der Waals surface area contributed by atoms with E-state index in [1.165, 1.54) is 0 Å². The molecule has 146 valence electrons. The number of hydrogen-bond acceptors (Lipinski definition) is 6. The van der Waals surface area contributed by atoms with Crippen molar-refractivity contribution < 1.29 is 9.53 Å². The minimum atomic E-state index is -0.356. The molecular formula is C21H24N4O2S. The first-order valence-electron chi connectivity index (χ1n) is 9.46. The van der Waals surface area contributed by atoms with Crippen LogP contribution in [0.15, 0.2) is 42.5 Å². The Kier molecular flexibility index (Phi) is 5.45. The lowest BCUT2D eigenvalue weighted by Gasteiger charge is -2.29. The van der Waals surface area contributed by atoms with Crippen LogP contribution < -0.4 is 15.5 Å². The Morgan fingerprint density at radius 2 is 1.86 bits per heavy atom. The van der Waals surface area contributed by atoms with E-state index in [1.807, 2.05) is 56.3 Å². The highest BCUT2D eigenvalue weighted by Gasteiger charge is 2.15. The largest absolute Gasteiger partial charge is 0.378 e. The molecular weight excluding hydrogens is 372 g/mol. The molecule has 2 heterocycles. The van der Waals surface area contributed by atoms with Gasteiger partial charge in [-0.15, -0.1) is 11.3 Å². The fourth-order valence-electron chi connectivity index (χ4n) is 3.27. The molecule has 1 aromatic heterocycles. The Balaban J connectivity index is 1.36. The number of benzene rings is 2. The number of morpholine rings is 1. The molecule has 2 aromatic carbocycles. The molecule has 1 unspecified atom stereocenters. The summed E-state index contributed by atoms with van der Waals surface area (Å²) in [5, 5.41) is 7.29. The van der Waals surface area contributed by atoms with Crippen LogP contribution in [-0.4, -0.2) is 43.2 Å². The second-order valence-corrected chi connectivity index (χ2v) is 8.15. The number of thiazole rings is 1. The van der Waals surface area contributed by atoms with Gasteiger partial charge in [-0.1, -0.05) is 0 Å². The summed E-state index contributed by atoms with van der Waals surface area (Å²) in [6.45, 7) is 7.17. The molecule has 0 bridgehead atoms. The van der Waals surface area contributed by atoms with Crippen LogP contribution in [0.25, 0.3) is 10.2 Å². The fourth-order valence-corrected chi connectivity index (χ4v) is 4.14. The van der Waals surface area contributed by atoms with Gasteiger partial charge < -0.3 is 20.3 Å². The summed E-state index contributed by atoms with van der Waals surface area (Å²) in [7, 11) is 0. The average Bonchev–Trinajstić information content (AvgIpc) is 3.08. The first-order chi connectivity index (χ1) is 13.6. The maximum absolute atomic E-state index is 12.6. The van der Waals surface area contributed by atoms with Crippen LogP contribution in [-0.2, 0) is 9.53 Å². The van der Waals surface area contributed by atoms with Crippen molar-refractivity contribution >= 4 is 44.5 Å². The predicted octanol–water partition coefficient (Wildman–Crippen LogP) is 3.88. The van der Waals surface area contributed by atoms with Crippen LogP contribution in [0.3, 0.4) is 0 Å². The number of amides is 1. The number of rotatable bonds is 5. The molecule has 0 aliphatic carbocycles. The fraction of sp³-hybridized carbons (Fsp3) is 0.333. The summed E-state index contributed by atoms with van der Waals surface area (Å²) in [4.78, 5) is 19.3. The Hall–Kier alpha value is -2.64. The van der Waals surface area contributed by atoms with Gasteiger partial charge in [0.15, 0.2) is 0 Å². The minimum absolute atomic E-state index is 0.0697. The molecule has 3 aromatic rings. The highest BCUT2D eigenvalue weighted by Crippen LogP contribution is 2.25. The smallest absolute Gasteiger partial charge is 0.246 e. The van der Waals surface area contributed by atoms with Gasteiger partial charge in [0.1, 0.15) is 6.04 Å². The van der Waals surface area contributed by atoms with E-state index in [0.717, 1.165) is 58.6 Å². The van der Waals surface area contributed by atoms with Crippen LogP contribution >= 0.6 is 11.3 Å². The second kappa shape index (κ2) is 8.16. The van der Waals surface area contributed by atoms with Gasteiger partial charge in [-0.3, -0.25) is 4.79 Å². The third kappa shape index (κ3) is 4.26. The zero-order valence-electron chi connectivity index (χ0n) is 16.1. The third-order valence-electron chi connectivity index (χ3n) is 4.78. The molecule has 0 spiro atoms. The molecule has 0 radical (unpaired) electrons. The highest BCUT2D eigenvalue weighted by atomic mass is 32.1. The van der Waals surface area contributed by atoms with Gasteiger partial charge in [0, 0.05) is 30.2 Å². The normalized spacial score (nSPS) is 15.4. The molecule has 0 saturated carbocycles. The van der Waals surface area contributed by atoms with Gasteiger partial charge in [-0.25, -0.2) is 4.98 Å². The van der Waals surface area contributed by atoms with Crippen LogP contribution in [0.1, 0.15) is 11.9 Å². The Morgan fingerprint density at radius 3 is 2.61 bits per heavy atom. The molecule has 28 heavy (non-hydrogen) atoms. The van der Waals surface area contributed by atoms with Crippen molar-refractivity contribution in [3.8, 4) is 0 Å². The summed E-state index contributed by atoms with van der Waals surface area (Å²) >= 11 is 1.65. The lowest BCUT2D eigenvalue weighted by molar-refractivity contribution is -0.116. The van der Waals surface area contributed by atoms with E-state index < -0.39 is 0 Å². The average molecular weight is 397 g/mol. The monoisotopic (exact) mass is 396 g/mol. The van der Waals surface area contributed by atoms with E-state index in [2.05, 4.69) is 20.5 Å². The molecule has 6 nitrogen and oxygen atoms in total. The zero-order chi connectivity index (χ0) is 19.5. The summed E-state index contributed by atoms with van der Waals surface area (Å²) in [5.74, 6) is -0.0697. The van der Waals surface area contributed by atoms with Gasteiger partial charge >= 0.3 is 0 Å². The lowest BCUT2D eigenvalue weighted by Crippen LogP contribution is -2.36. The molecule has 1 atom stereocenters. The van der Waals surface area contributed by atoms with Gasteiger partial charge in [-0.2, -0.15) is 0 Å². The maximum Gasteiger partial charge on any atom is 0.246 e. The maximum atomic E-state index is 12.6. The summed E-state index contributed by atoms with van der Waals surface area (Å²) in [5.41, 5.74) is 3.86. The van der Waals surface area contributed by atoms with E-state index in [9.17, 15) is 4.79 Å². The van der Waals surface area contributed by atoms with Crippen molar-refractivity contribution in [1.82, 2.24) is 4.98 Å². The number of hydrogen-bond donors (Lipinski definition) is 2. The lowest BCUT2D eigenvalue weighted by atomic mass is 10.2. The first-order valence-corrected chi connectivity index (χ1v) is 10.3. The number of nitrogens with one attached hydrogen (secondary N) is 2. The molecule has 1 aliphatic rings. The number of anilines is 3. The van der Waals surface area contributed by atoms with Gasteiger partial charge in [0.2, 0.25) is 5.91 Å². The van der Waals surface area contributed by atoms with Crippen molar-refractivity contribution in [1.29, 1.82) is 0 Å². The Morgan fingerprint density at radius 1 is 1.14 bits per heavy atom. The number of aromatic nitrogens is 1. The second-order valence-electron chi connectivity index (χ2n) is 6.92. The van der Waals surface area contributed by atoms with Crippen LogP contribution in [0.4, 0.5) is 17.1 Å². The van der Waals surface area contributed by atoms with Crippen molar-refractivity contribution in [2.45, 2.75) is 19.9 Å². The Bertz CT molecular complexity index is 964. The quantitative estimate of drug-likeness (QED) is 0.685. The number of nitrogens with zero attached hydrogens (tertiary/aromatic N) is 2. The van der Waals surface area contributed by atoms with Crippen molar-refractivity contribution in [3.63, 3.8) is 0 Å². The first kappa shape index (κ1) is 18.7. The molecule has 1 fully saturated rings. The van der Waals surface area contributed by atoms with Gasteiger partial charge in [0.25, 0.3) is 0 Å². The SMILES string of the molecule is Cc1nc2ccc(NC(C)C(=O)Nc3ccc(N4CCOCC4)cc3)cc2s1. The van der Waals surface area contributed by atoms with E-state index in [0.29, 0.717) is 0 Å². The van der Waals surface area contributed by atoms with Crippen LogP contribution in [0.2, 0.25) is 0 Å². The Labute approximate surface area is 168 Å². The number of fused-ring (bicyclic) bond motifs is 1. The molecule has 1 aliphatic heterocycles. The van der Waals surface area contributed by atoms with Crippen molar-refractivity contribution in [3.05, 3.63) is 47.5 Å². The van der Waals surface area contributed by atoms with Crippen molar-refractivity contribution in [2.75, 3.05) is 41.8 Å². The van der Waals surface area contributed by atoms with Crippen molar-refractivity contribution in [2.24, 2.45) is 0 Å². The van der Waals surface area contributed by atoms with E-state index >= 15 is 0 Å². The molecule has 1 amide bonds. The summed E-state index contributed by atoms with van der Waals surface area (Å²) in [6, 6.07) is 13.6. The summed E-state index contributed by atoms with van der Waals surface area (Å²) in [6.07, 6.45) is 0. The van der Waals surface area contributed by atoms with Crippen LogP contribution in [0, 0.1) is 6.92 Å². The van der Waals surface area contributed by atoms with Crippen LogP contribution in [0.5, 0.6) is 0 Å². The number of aryl methyl sites for hydroxylation is 1. The molecule has 2 N–H and O–H groups in total. The van der Waals surface area contributed by atoms with Gasteiger partial charge in [-0.05, 0) is 56.3 Å². The van der Waals surface area contributed by atoms with E-state index in [4.69, 9.17) is 4.74 Å². The minimum Gasteiger partial charge on any atom is -0.378 e. The molecule has 7 heteroatoms. The van der Waals surface area contributed by atoms with Gasteiger partial charge in [0.05, 0.1) is 28.4 Å². The number of carbonyl (C=O) groups excluding carboxylic acids is 1. The third-order valence-corrected chi connectivity index (χ3v) is 5.72. The standard InChI is InChI=1S/C21H24N4O2S/c1-14(22-17-5-8-19-20(13-17)28-15(2)23-19)21(26)24-16-3-6-18(7-4-16)25-9-11-27-12-10-25/h3-8,13-14,22H,9-12H2,1-2H3,(H,24,26). The predicted molar refractivity (Wildman–Crippen MR) is 116 cm³/mol.